The SMILES string of the molecule is CC1(C)OC(=C(C#N)C#N)C(C#N)=C1/C=C/c1sc(/C=C/c2ccc(N(CCO)CCO)cc2)c2c1OC(COC(=O)c1ccc(OC(F)=C(F)F)cc1)CO2. The highest BCUT2D eigenvalue weighted by molar-refractivity contribution is 7.14. The van der Waals surface area contributed by atoms with Crippen molar-refractivity contribution >= 4 is 41.2 Å². The second-order valence-corrected chi connectivity index (χ2v) is 13.5. The number of thiophene rings is 1. The summed E-state index contributed by atoms with van der Waals surface area (Å²) in [6.07, 6.45) is 3.65. The summed E-state index contributed by atoms with van der Waals surface area (Å²) in [5, 5.41) is 47.7. The van der Waals surface area contributed by atoms with E-state index in [9.17, 15) is 44.0 Å². The average Bonchev–Trinajstić information content (AvgIpc) is 3.67. The number of nitrogens with zero attached hydrogens (tertiary/aromatic N) is 4. The topological polar surface area (TPSA) is 178 Å². The lowest BCUT2D eigenvalue weighted by atomic mass is 9.94. The maximum Gasteiger partial charge on any atom is 0.344 e. The first-order chi connectivity index (χ1) is 26.9. The standard InChI is InChI=1S/C40H33F3N4O8S/c1-40(2)31(30(21-46)34(55-40)26(19-44)20-45)12-14-33-36-35(32(56-33)13-5-24-3-8-27(9-4-24)47(15-17-48)16-18-49)51-22-29(53-36)23-52-39(50)25-6-10-28(11-7-25)54-38(43)37(41)42/h3-14,29,48-49H,15-18,22-23H2,1-2H3/b13-5+,14-12+. The van der Waals surface area contributed by atoms with Gasteiger partial charge in [-0.3, -0.25) is 0 Å². The Labute approximate surface area is 323 Å². The largest absolute Gasteiger partial charge is 0.484 e. The number of aliphatic hydroxyl groups is 2. The molecule has 1 atom stereocenters. The number of hydrogen-bond acceptors (Lipinski definition) is 13. The molecular formula is C40H33F3N4O8S. The van der Waals surface area contributed by atoms with Crippen LogP contribution in [0.1, 0.15) is 39.5 Å². The Morgan fingerprint density at radius 1 is 0.946 bits per heavy atom. The van der Waals surface area contributed by atoms with Crippen LogP contribution in [-0.4, -0.2) is 67.4 Å². The highest BCUT2D eigenvalue weighted by Gasteiger charge is 2.39. The molecule has 5 rings (SSSR count). The van der Waals surface area contributed by atoms with Crippen molar-refractivity contribution in [3.8, 4) is 35.5 Å². The monoisotopic (exact) mass is 786 g/mol. The van der Waals surface area contributed by atoms with Gasteiger partial charge in [0.15, 0.2) is 28.9 Å². The van der Waals surface area contributed by atoms with Crippen LogP contribution in [0.4, 0.5) is 18.9 Å². The number of ether oxygens (including phenoxy) is 5. The molecule has 0 radical (unpaired) electrons. The Bertz CT molecular complexity index is 2220. The van der Waals surface area contributed by atoms with Gasteiger partial charge in [-0.2, -0.15) is 29.0 Å². The second kappa shape index (κ2) is 18.2. The third-order valence-corrected chi connectivity index (χ3v) is 9.39. The van der Waals surface area contributed by atoms with Gasteiger partial charge in [-0.1, -0.05) is 24.3 Å². The van der Waals surface area contributed by atoms with Crippen LogP contribution in [0.5, 0.6) is 17.2 Å². The quantitative estimate of drug-likeness (QED) is 0.0967. The Morgan fingerprint density at radius 2 is 1.59 bits per heavy atom. The van der Waals surface area contributed by atoms with Crippen LogP contribution in [0, 0.1) is 34.0 Å². The number of fused-ring (bicyclic) bond motifs is 1. The molecule has 2 aromatic carbocycles. The van der Waals surface area contributed by atoms with Crippen LogP contribution in [0.25, 0.3) is 18.2 Å². The molecule has 56 heavy (non-hydrogen) atoms. The van der Waals surface area contributed by atoms with Gasteiger partial charge in [-0.05, 0) is 68.0 Å². The van der Waals surface area contributed by atoms with Crippen molar-refractivity contribution in [1.29, 1.82) is 15.8 Å². The fourth-order valence-electron chi connectivity index (χ4n) is 5.64. The lowest BCUT2D eigenvalue weighted by molar-refractivity contribution is 0.0113. The number of rotatable bonds is 14. The fraction of sp³-hybridized carbons (Fsp3) is 0.250. The van der Waals surface area contributed by atoms with E-state index >= 15 is 0 Å². The number of nitriles is 3. The number of esters is 1. The van der Waals surface area contributed by atoms with Crippen molar-refractivity contribution in [3.63, 3.8) is 0 Å². The molecule has 1 aromatic heterocycles. The van der Waals surface area contributed by atoms with Gasteiger partial charge in [-0.25, -0.2) is 4.79 Å². The maximum atomic E-state index is 13.1. The average molecular weight is 787 g/mol. The number of benzene rings is 2. The van der Waals surface area contributed by atoms with Crippen LogP contribution in [0.2, 0.25) is 0 Å². The molecule has 0 aliphatic carbocycles. The van der Waals surface area contributed by atoms with Crippen LogP contribution >= 0.6 is 11.3 Å². The van der Waals surface area contributed by atoms with Gasteiger partial charge in [0.05, 0.1) is 28.5 Å². The zero-order valence-corrected chi connectivity index (χ0v) is 30.7. The van der Waals surface area contributed by atoms with E-state index in [2.05, 4.69) is 4.74 Å². The minimum atomic E-state index is -2.62. The molecule has 1 unspecified atom stereocenters. The van der Waals surface area contributed by atoms with Crippen molar-refractivity contribution < 1.29 is 51.9 Å². The molecule has 12 nitrogen and oxygen atoms in total. The lowest BCUT2D eigenvalue weighted by Gasteiger charge is -2.25. The molecule has 0 amide bonds. The predicted octanol–water partition coefficient (Wildman–Crippen LogP) is 7.06. The normalized spacial score (nSPS) is 15.5. The summed E-state index contributed by atoms with van der Waals surface area (Å²) in [6, 6.07) is 15.8. The summed E-state index contributed by atoms with van der Waals surface area (Å²) in [6.45, 7) is 3.75. The van der Waals surface area contributed by atoms with Crippen molar-refractivity contribution in [2.75, 3.05) is 44.4 Å². The summed E-state index contributed by atoms with van der Waals surface area (Å²) >= 11 is 1.31. The number of carbonyl (C=O) groups is 1. The number of hydrogen-bond donors (Lipinski definition) is 2. The predicted molar refractivity (Wildman–Crippen MR) is 199 cm³/mol. The van der Waals surface area contributed by atoms with Gasteiger partial charge < -0.3 is 38.8 Å². The highest BCUT2D eigenvalue weighted by Crippen LogP contribution is 2.48. The van der Waals surface area contributed by atoms with Gasteiger partial charge in [0.2, 0.25) is 0 Å². The molecule has 0 fully saturated rings. The molecule has 2 N–H and O–H groups in total. The Kier molecular flexibility index (Phi) is 13.2. The van der Waals surface area contributed by atoms with Gasteiger partial charge in [0.25, 0.3) is 0 Å². The van der Waals surface area contributed by atoms with Crippen LogP contribution in [-0.2, 0) is 9.47 Å². The third kappa shape index (κ3) is 9.40. The van der Waals surface area contributed by atoms with E-state index in [0.717, 1.165) is 23.4 Å². The number of allylic oxidation sites excluding steroid dienone is 2. The van der Waals surface area contributed by atoms with E-state index in [1.165, 1.54) is 23.5 Å². The van der Waals surface area contributed by atoms with E-state index in [1.54, 1.807) is 38.1 Å². The smallest absolute Gasteiger partial charge is 0.344 e. The Hall–Kier alpha value is -6.51. The summed E-state index contributed by atoms with van der Waals surface area (Å²) in [5.41, 5.74) is 0.766. The zero-order valence-electron chi connectivity index (χ0n) is 29.9. The molecule has 0 bridgehead atoms. The minimum Gasteiger partial charge on any atom is -0.484 e. The van der Waals surface area contributed by atoms with Crippen molar-refractivity contribution in [2.45, 2.75) is 25.6 Å². The number of aliphatic hydroxyl groups excluding tert-OH is 2. The minimum absolute atomic E-state index is 0.00169. The summed E-state index contributed by atoms with van der Waals surface area (Å²) in [5.74, 6) is -0.389. The first kappa shape index (κ1) is 40.7. The number of carbonyl (C=O) groups excluding carboxylic acids is 1. The third-order valence-electron chi connectivity index (χ3n) is 8.31. The van der Waals surface area contributed by atoms with E-state index in [-0.39, 0.29) is 54.6 Å². The van der Waals surface area contributed by atoms with Crippen molar-refractivity contribution in [1.82, 2.24) is 0 Å². The van der Waals surface area contributed by atoms with E-state index < -0.39 is 29.8 Å². The van der Waals surface area contributed by atoms with E-state index in [4.69, 9.17) is 18.9 Å². The van der Waals surface area contributed by atoms with Crippen molar-refractivity contribution in [2.24, 2.45) is 0 Å². The second-order valence-electron chi connectivity index (χ2n) is 12.4. The van der Waals surface area contributed by atoms with Crippen molar-refractivity contribution in [3.05, 3.63) is 110 Å². The van der Waals surface area contributed by atoms with E-state index in [0.29, 0.717) is 39.9 Å². The van der Waals surface area contributed by atoms with Gasteiger partial charge in [-0.15, -0.1) is 11.3 Å². The maximum absolute atomic E-state index is 13.1. The molecule has 3 heterocycles. The summed E-state index contributed by atoms with van der Waals surface area (Å²) < 4.78 is 66.0. The van der Waals surface area contributed by atoms with Crippen LogP contribution in [0.3, 0.4) is 0 Å². The molecule has 3 aromatic rings. The van der Waals surface area contributed by atoms with E-state index in [1.807, 2.05) is 47.4 Å². The first-order valence-corrected chi connectivity index (χ1v) is 17.7. The number of anilines is 1. The molecule has 288 valence electrons. The van der Waals surface area contributed by atoms with Gasteiger partial charge >= 0.3 is 18.1 Å². The molecule has 0 spiro atoms. The number of halogens is 3. The molecular weight excluding hydrogens is 754 g/mol. The van der Waals surface area contributed by atoms with Crippen LogP contribution < -0.4 is 19.1 Å². The van der Waals surface area contributed by atoms with Gasteiger partial charge in [0, 0.05) is 24.4 Å². The molecule has 0 saturated heterocycles. The Balaban J connectivity index is 1.41. The molecule has 2 aliphatic rings. The molecule has 2 aliphatic heterocycles. The lowest BCUT2D eigenvalue weighted by Crippen LogP contribution is -2.34. The summed E-state index contributed by atoms with van der Waals surface area (Å²) in [7, 11) is 0. The van der Waals surface area contributed by atoms with Gasteiger partial charge in [0.1, 0.15) is 48.3 Å². The first-order valence-electron chi connectivity index (χ1n) is 16.9. The summed E-state index contributed by atoms with van der Waals surface area (Å²) in [4.78, 5) is 15.9. The highest BCUT2D eigenvalue weighted by atomic mass is 32.1. The zero-order chi connectivity index (χ0) is 40.4. The molecule has 16 heteroatoms. The fourth-order valence-corrected chi connectivity index (χ4v) is 6.62. The van der Waals surface area contributed by atoms with Crippen LogP contribution in [0.15, 0.2) is 89.2 Å². The molecule has 0 saturated carbocycles. The Morgan fingerprint density at radius 3 is 2.20 bits per heavy atom.